The fraction of sp³-hybridized carbons (Fsp3) is 0.385. The van der Waals surface area contributed by atoms with Gasteiger partial charge in [-0.2, -0.15) is 0 Å². The summed E-state index contributed by atoms with van der Waals surface area (Å²) in [6.45, 7) is 0. The topological polar surface area (TPSA) is 89.9 Å². The molecule has 1 unspecified atom stereocenters. The van der Waals surface area contributed by atoms with Crippen molar-refractivity contribution in [1.29, 1.82) is 0 Å². The predicted octanol–water partition coefficient (Wildman–Crippen LogP) is 1.14. The number of amides is 1. The zero-order valence-electron chi connectivity index (χ0n) is 11.4. The summed E-state index contributed by atoms with van der Waals surface area (Å²) in [5.41, 5.74) is 7.64. The van der Waals surface area contributed by atoms with Gasteiger partial charge in [-0.05, 0) is 47.2 Å². The van der Waals surface area contributed by atoms with Crippen LogP contribution in [0.3, 0.4) is 0 Å². The van der Waals surface area contributed by atoms with Crippen molar-refractivity contribution in [3.8, 4) is 0 Å². The summed E-state index contributed by atoms with van der Waals surface area (Å²) in [6, 6.07) is 5.73. The Morgan fingerprint density at radius 1 is 1.38 bits per heavy atom. The van der Waals surface area contributed by atoms with Gasteiger partial charge >= 0.3 is 0 Å². The minimum absolute atomic E-state index is 0.0741. The van der Waals surface area contributed by atoms with Crippen molar-refractivity contribution in [2.45, 2.75) is 35.0 Å². The molecule has 2 aromatic rings. The Morgan fingerprint density at radius 3 is 2.95 bits per heavy atom. The second-order valence-electron chi connectivity index (χ2n) is 5.33. The lowest BCUT2D eigenvalue weighted by atomic mass is 10.1. The molecule has 0 bridgehead atoms. The number of carbonyl (C=O) groups excluding carboxylic acids is 1. The van der Waals surface area contributed by atoms with Gasteiger partial charge in [0.1, 0.15) is 6.04 Å². The van der Waals surface area contributed by atoms with Crippen molar-refractivity contribution < 1.29 is 4.79 Å². The van der Waals surface area contributed by atoms with Crippen LogP contribution in [0.2, 0.25) is 0 Å². The number of carbonyl (C=O) groups is 1. The summed E-state index contributed by atoms with van der Waals surface area (Å²) in [4.78, 5) is 14.5. The Morgan fingerprint density at radius 2 is 2.19 bits per heavy atom. The first-order valence-corrected chi connectivity index (χ1v) is 7.59. The van der Waals surface area contributed by atoms with Crippen LogP contribution in [0, 0.1) is 0 Å². The number of nitrogens with zero attached hydrogens (tertiary/aromatic N) is 5. The SMILES string of the molecule is CN1C(=O)C(N)c2ccc(Sc3nnnn3C3CC3)cc21. The van der Waals surface area contributed by atoms with Gasteiger partial charge in [-0.3, -0.25) is 4.79 Å². The number of rotatable bonds is 3. The van der Waals surface area contributed by atoms with Crippen LogP contribution in [-0.2, 0) is 4.79 Å². The monoisotopic (exact) mass is 302 g/mol. The van der Waals surface area contributed by atoms with Crippen molar-refractivity contribution in [3.63, 3.8) is 0 Å². The molecule has 1 fully saturated rings. The summed E-state index contributed by atoms with van der Waals surface area (Å²) >= 11 is 1.51. The maximum Gasteiger partial charge on any atom is 0.248 e. The van der Waals surface area contributed by atoms with Crippen LogP contribution in [0.5, 0.6) is 0 Å². The molecule has 8 heteroatoms. The van der Waals surface area contributed by atoms with Gasteiger partial charge in [0, 0.05) is 23.2 Å². The van der Waals surface area contributed by atoms with Crippen LogP contribution in [0.1, 0.15) is 30.5 Å². The fourth-order valence-corrected chi connectivity index (χ4v) is 3.38. The van der Waals surface area contributed by atoms with Crippen molar-refractivity contribution in [2.24, 2.45) is 5.73 Å². The molecule has 108 valence electrons. The Kier molecular flexibility index (Phi) is 2.76. The summed E-state index contributed by atoms with van der Waals surface area (Å²) in [5.74, 6) is -0.0741. The highest BCUT2D eigenvalue weighted by Crippen LogP contribution is 2.40. The van der Waals surface area contributed by atoms with E-state index in [9.17, 15) is 4.79 Å². The standard InChI is InChI=1S/C13H14N6OS/c1-18-10-6-8(4-5-9(10)11(14)12(18)20)21-13-15-16-17-19(13)7-2-3-7/h4-7,11H,2-3,14H2,1H3. The lowest BCUT2D eigenvalue weighted by molar-refractivity contribution is -0.118. The van der Waals surface area contributed by atoms with Gasteiger partial charge in [-0.15, -0.1) is 5.10 Å². The summed E-state index contributed by atoms with van der Waals surface area (Å²) < 4.78 is 1.87. The molecule has 1 atom stereocenters. The quantitative estimate of drug-likeness (QED) is 0.914. The number of fused-ring (bicyclic) bond motifs is 1. The van der Waals surface area contributed by atoms with E-state index in [4.69, 9.17) is 5.73 Å². The van der Waals surface area contributed by atoms with E-state index in [2.05, 4.69) is 15.5 Å². The second kappa shape index (κ2) is 4.54. The highest BCUT2D eigenvalue weighted by molar-refractivity contribution is 7.99. The molecule has 1 aromatic carbocycles. The van der Waals surface area contributed by atoms with Gasteiger partial charge in [0.05, 0.1) is 6.04 Å². The Labute approximate surface area is 125 Å². The Balaban J connectivity index is 1.65. The zero-order chi connectivity index (χ0) is 14.6. The van der Waals surface area contributed by atoms with Crippen LogP contribution in [0.4, 0.5) is 5.69 Å². The molecule has 2 heterocycles. The third-order valence-electron chi connectivity index (χ3n) is 3.86. The maximum atomic E-state index is 11.9. The number of tetrazole rings is 1. The molecule has 1 aliphatic heterocycles. The van der Waals surface area contributed by atoms with Gasteiger partial charge in [-0.1, -0.05) is 6.07 Å². The summed E-state index contributed by atoms with van der Waals surface area (Å²) in [5, 5.41) is 12.6. The van der Waals surface area contributed by atoms with Crippen molar-refractivity contribution in [3.05, 3.63) is 23.8 Å². The second-order valence-corrected chi connectivity index (χ2v) is 6.38. The lowest BCUT2D eigenvalue weighted by Gasteiger charge is -2.10. The third-order valence-corrected chi connectivity index (χ3v) is 4.80. The van der Waals surface area contributed by atoms with E-state index in [1.807, 2.05) is 22.9 Å². The molecule has 1 aliphatic carbocycles. The first-order chi connectivity index (χ1) is 10.1. The Bertz CT molecular complexity index is 725. The van der Waals surface area contributed by atoms with Gasteiger partial charge in [0.2, 0.25) is 11.1 Å². The number of hydrogen-bond donors (Lipinski definition) is 1. The highest BCUT2D eigenvalue weighted by atomic mass is 32.2. The minimum Gasteiger partial charge on any atom is -0.316 e. The molecule has 0 saturated heterocycles. The number of aromatic nitrogens is 4. The van der Waals surface area contributed by atoms with Gasteiger partial charge < -0.3 is 10.6 Å². The number of hydrogen-bond acceptors (Lipinski definition) is 6. The van der Waals surface area contributed by atoms with Crippen molar-refractivity contribution in [2.75, 3.05) is 11.9 Å². The van der Waals surface area contributed by atoms with E-state index < -0.39 is 6.04 Å². The van der Waals surface area contributed by atoms with E-state index in [1.165, 1.54) is 11.8 Å². The largest absolute Gasteiger partial charge is 0.316 e. The summed E-state index contributed by atoms with van der Waals surface area (Å²) in [7, 11) is 1.75. The van der Waals surface area contributed by atoms with Crippen molar-refractivity contribution in [1.82, 2.24) is 20.2 Å². The molecule has 1 aromatic heterocycles. The molecule has 21 heavy (non-hydrogen) atoms. The molecule has 7 nitrogen and oxygen atoms in total. The van der Waals surface area contributed by atoms with Gasteiger partial charge in [0.15, 0.2) is 0 Å². The fourth-order valence-electron chi connectivity index (χ4n) is 2.51. The van der Waals surface area contributed by atoms with Crippen LogP contribution in [0.25, 0.3) is 0 Å². The number of likely N-dealkylation sites (N-methyl/N-ethyl adjacent to an activating group) is 1. The zero-order valence-corrected chi connectivity index (χ0v) is 12.2. The molecule has 1 amide bonds. The minimum atomic E-state index is -0.555. The van der Waals surface area contributed by atoms with Gasteiger partial charge in [-0.25, -0.2) is 4.68 Å². The molecule has 1 saturated carbocycles. The van der Waals surface area contributed by atoms with Crippen LogP contribution in [0.15, 0.2) is 28.3 Å². The molecule has 2 N–H and O–H groups in total. The van der Waals surface area contributed by atoms with E-state index in [0.29, 0.717) is 6.04 Å². The van der Waals surface area contributed by atoms with E-state index in [1.54, 1.807) is 11.9 Å². The molecular formula is C13H14N6OS. The molecular weight excluding hydrogens is 288 g/mol. The molecule has 2 aliphatic rings. The smallest absolute Gasteiger partial charge is 0.248 e. The highest BCUT2D eigenvalue weighted by Gasteiger charge is 2.33. The normalized spacial score (nSPS) is 21.0. The average molecular weight is 302 g/mol. The van der Waals surface area contributed by atoms with E-state index >= 15 is 0 Å². The molecule has 0 radical (unpaired) electrons. The number of benzene rings is 1. The van der Waals surface area contributed by atoms with E-state index in [-0.39, 0.29) is 5.91 Å². The average Bonchev–Trinajstić information content (AvgIpc) is 3.20. The van der Waals surface area contributed by atoms with Crippen molar-refractivity contribution >= 4 is 23.4 Å². The lowest BCUT2D eigenvalue weighted by Crippen LogP contribution is -2.27. The van der Waals surface area contributed by atoms with Crippen LogP contribution < -0.4 is 10.6 Å². The maximum absolute atomic E-state index is 11.9. The van der Waals surface area contributed by atoms with E-state index in [0.717, 1.165) is 34.1 Å². The summed E-state index contributed by atoms with van der Waals surface area (Å²) in [6.07, 6.45) is 2.27. The first kappa shape index (κ1) is 12.8. The molecule has 0 spiro atoms. The third kappa shape index (κ3) is 2.02. The predicted molar refractivity (Wildman–Crippen MR) is 77.0 cm³/mol. The van der Waals surface area contributed by atoms with Gasteiger partial charge in [0.25, 0.3) is 0 Å². The first-order valence-electron chi connectivity index (χ1n) is 6.78. The molecule has 4 rings (SSSR count). The van der Waals surface area contributed by atoms with Crippen LogP contribution >= 0.6 is 11.8 Å². The number of anilines is 1. The Hall–Kier alpha value is -1.93. The number of nitrogens with two attached hydrogens (primary N) is 1. The van der Waals surface area contributed by atoms with Crippen LogP contribution in [-0.4, -0.2) is 33.2 Å².